The van der Waals surface area contributed by atoms with E-state index in [9.17, 15) is 9.59 Å². The Morgan fingerprint density at radius 2 is 1.61 bits per heavy atom. The topological polar surface area (TPSA) is 125 Å². The predicted molar refractivity (Wildman–Crippen MR) is 60.3 cm³/mol. The van der Waals surface area contributed by atoms with Crippen LogP contribution in [0.25, 0.3) is 0 Å². The van der Waals surface area contributed by atoms with Crippen LogP contribution in [0.4, 0.5) is 0 Å². The smallest absolute Gasteiger partial charge is 0.320 e. The number of carboxylic acid groups (broad SMARTS) is 2. The molecular formula is C11H15N3O4. The lowest BCUT2D eigenvalue weighted by atomic mass is 10.1. The molecule has 1 atom stereocenters. The summed E-state index contributed by atoms with van der Waals surface area (Å²) in [5.41, 5.74) is 0. The van der Waals surface area contributed by atoms with Crippen molar-refractivity contribution in [3.05, 3.63) is 0 Å². The van der Waals surface area contributed by atoms with E-state index in [1.807, 2.05) is 12.1 Å². The quantitative estimate of drug-likeness (QED) is 0.610. The molecule has 98 valence electrons. The Labute approximate surface area is 105 Å². The van der Waals surface area contributed by atoms with E-state index in [1.54, 1.807) is 0 Å². The number of carbonyl (C=O) groups is 2. The van der Waals surface area contributed by atoms with Crippen LogP contribution in [0, 0.1) is 22.7 Å². The van der Waals surface area contributed by atoms with Crippen molar-refractivity contribution in [2.45, 2.75) is 31.7 Å². The Morgan fingerprint density at radius 3 is 1.94 bits per heavy atom. The average molecular weight is 253 g/mol. The summed E-state index contributed by atoms with van der Waals surface area (Å²) >= 11 is 0. The Bertz CT molecular complexity index is 351. The van der Waals surface area contributed by atoms with Crippen molar-refractivity contribution < 1.29 is 19.8 Å². The first-order chi connectivity index (χ1) is 8.52. The molecule has 0 heterocycles. The predicted octanol–water partition coefficient (Wildman–Crippen LogP) is 0.434. The van der Waals surface area contributed by atoms with Crippen molar-refractivity contribution in [3.8, 4) is 12.1 Å². The van der Waals surface area contributed by atoms with E-state index >= 15 is 0 Å². The van der Waals surface area contributed by atoms with Gasteiger partial charge in [0.15, 0.2) is 0 Å². The third-order valence-corrected chi connectivity index (χ3v) is 2.38. The maximum Gasteiger partial charge on any atom is 0.320 e. The van der Waals surface area contributed by atoms with Gasteiger partial charge in [0.1, 0.15) is 6.04 Å². The van der Waals surface area contributed by atoms with Crippen LogP contribution < -0.4 is 0 Å². The molecule has 0 saturated heterocycles. The van der Waals surface area contributed by atoms with Crippen LogP contribution in [-0.2, 0) is 9.59 Å². The van der Waals surface area contributed by atoms with E-state index in [-0.39, 0.29) is 38.8 Å². The average Bonchev–Trinajstić information content (AvgIpc) is 2.30. The molecule has 0 aromatic carbocycles. The fourth-order valence-electron chi connectivity index (χ4n) is 1.53. The highest BCUT2D eigenvalue weighted by Gasteiger charge is 2.25. The lowest BCUT2D eigenvalue weighted by Gasteiger charge is -2.26. The molecule has 0 radical (unpaired) electrons. The van der Waals surface area contributed by atoms with Gasteiger partial charge >= 0.3 is 11.9 Å². The summed E-state index contributed by atoms with van der Waals surface area (Å²) in [4.78, 5) is 23.0. The Balaban J connectivity index is 4.63. The van der Waals surface area contributed by atoms with E-state index in [0.717, 1.165) is 0 Å². The van der Waals surface area contributed by atoms with Gasteiger partial charge in [-0.25, -0.2) is 0 Å². The van der Waals surface area contributed by atoms with Crippen molar-refractivity contribution in [2.24, 2.45) is 0 Å². The first-order valence-corrected chi connectivity index (χ1v) is 5.45. The highest BCUT2D eigenvalue weighted by atomic mass is 16.4. The lowest BCUT2D eigenvalue weighted by molar-refractivity contribution is -0.144. The summed E-state index contributed by atoms with van der Waals surface area (Å²) in [7, 11) is 0. The Kier molecular flexibility index (Phi) is 7.91. The summed E-state index contributed by atoms with van der Waals surface area (Å²) in [6.07, 6.45) is -0.0152. The Morgan fingerprint density at radius 1 is 1.11 bits per heavy atom. The standard InChI is InChI=1S/C11H15N3O4/c12-5-1-7-14(8-2-6-13)9(11(17)18)3-4-10(15)16/h9H,1-4,7-8H2,(H,15,16)(H,17,18). The molecule has 0 saturated carbocycles. The third kappa shape index (κ3) is 6.46. The highest BCUT2D eigenvalue weighted by molar-refractivity contribution is 5.75. The molecule has 0 aliphatic rings. The van der Waals surface area contributed by atoms with Gasteiger partial charge in [-0.15, -0.1) is 0 Å². The van der Waals surface area contributed by atoms with Crippen LogP contribution in [0.3, 0.4) is 0 Å². The number of hydrogen-bond donors (Lipinski definition) is 2. The van der Waals surface area contributed by atoms with Gasteiger partial charge < -0.3 is 10.2 Å². The fourth-order valence-corrected chi connectivity index (χ4v) is 1.53. The third-order valence-electron chi connectivity index (χ3n) is 2.38. The van der Waals surface area contributed by atoms with Gasteiger partial charge in [-0.2, -0.15) is 10.5 Å². The molecule has 0 aromatic heterocycles. The summed E-state index contributed by atoms with van der Waals surface area (Å²) < 4.78 is 0. The SMILES string of the molecule is N#CCCN(CCC#N)C(CCC(=O)O)C(=O)O. The van der Waals surface area contributed by atoms with Crippen LogP contribution >= 0.6 is 0 Å². The van der Waals surface area contributed by atoms with Gasteiger partial charge in [0.25, 0.3) is 0 Å². The number of aliphatic carboxylic acids is 2. The minimum atomic E-state index is -1.13. The summed E-state index contributed by atoms with van der Waals surface area (Å²) in [5.74, 6) is -2.20. The Hall–Kier alpha value is -2.12. The maximum absolute atomic E-state index is 11.1. The zero-order valence-corrected chi connectivity index (χ0v) is 9.87. The van der Waals surface area contributed by atoms with Gasteiger partial charge in [-0.3, -0.25) is 14.5 Å². The maximum atomic E-state index is 11.1. The van der Waals surface area contributed by atoms with Gasteiger partial charge in [-0.05, 0) is 6.42 Å². The summed E-state index contributed by atoms with van der Waals surface area (Å²) in [5, 5.41) is 34.6. The van der Waals surface area contributed by atoms with E-state index in [4.69, 9.17) is 20.7 Å². The van der Waals surface area contributed by atoms with Gasteiger partial charge in [-0.1, -0.05) is 0 Å². The molecule has 0 aliphatic heterocycles. The second-order valence-electron chi connectivity index (χ2n) is 3.64. The van der Waals surface area contributed by atoms with Crippen molar-refractivity contribution >= 4 is 11.9 Å². The zero-order valence-electron chi connectivity index (χ0n) is 9.87. The highest BCUT2D eigenvalue weighted by Crippen LogP contribution is 2.09. The van der Waals surface area contributed by atoms with E-state index in [2.05, 4.69) is 0 Å². The van der Waals surface area contributed by atoms with Crippen LogP contribution in [0.15, 0.2) is 0 Å². The second-order valence-corrected chi connectivity index (χ2v) is 3.64. The van der Waals surface area contributed by atoms with Crippen LogP contribution in [0.2, 0.25) is 0 Å². The summed E-state index contributed by atoms with van der Waals surface area (Å²) in [6, 6.07) is 2.83. The number of hydrogen-bond acceptors (Lipinski definition) is 5. The van der Waals surface area contributed by atoms with Crippen molar-refractivity contribution in [3.63, 3.8) is 0 Å². The molecule has 7 nitrogen and oxygen atoms in total. The van der Waals surface area contributed by atoms with Crippen LogP contribution in [0.1, 0.15) is 25.7 Å². The molecule has 0 rings (SSSR count). The minimum Gasteiger partial charge on any atom is -0.481 e. The number of nitrogens with zero attached hydrogens (tertiary/aromatic N) is 3. The second kappa shape index (κ2) is 8.97. The molecule has 0 fully saturated rings. The van der Waals surface area contributed by atoms with Crippen molar-refractivity contribution in [2.75, 3.05) is 13.1 Å². The van der Waals surface area contributed by atoms with Crippen molar-refractivity contribution in [1.82, 2.24) is 4.90 Å². The van der Waals surface area contributed by atoms with Crippen molar-refractivity contribution in [1.29, 1.82) is 10.5 Å². The summed E-state index contributed by atoms with van der Waals surface area (Å²) in [6.45, 7) is 0.434. The number of rotatable bonds is 9. The van der Waals surface area contributed by atoms with Crippen LogP contribution in [-0.4, -0.2) is 46.2 Å². The number of carboxylic acids is 2. The molecule has 0 spiro atoms. The molecule has 1 unspecified atom stereocenters. The van der Waals surface area contributed by atoms with Crippen LogP contribution in [0.5, 0.6) is 0 Å². The van der Waals surface area contributed by atoms with Gasteiger partial charge in [0, 0.05) is 32.4 Å². The van der Waals surface area contributed by atoms with E-state index < -0.39 is 18.0 Å². The monoisotopic (exact) mass is 253 g/mol. The molecule has 7 heteroatoms. The first kappa shape index (κ1) is 15.9. The number of nitriles is 2. The molecule has 0 aromatic rings. The largest absolute Gasteiger partial charge is 0.481 e. The minimum absolute atomic E-state index is 0.0402. The molecule has 2 N–H and O–H groups in total. The molecule has 18 heavy (non-hydrogen) atoms. The normalized spacial score (nSPS) is 11.5. The van der Waals surface area contributed by atoms with E-state index in [0.29, 0.717) is 0 Å². The van der Waals surface area contributed by atoms with Gasteiger partial charge in [0.2, 0.25) is 0 Å². The molecular weight excluding hydrogens is 238 g/mol. The molecule has 0 bridgehead atoms. The van der Waals surface area contributed by atoms with E-state index in [1.165, 1.54) is 4.90 Å². The van der Waals surface area contributed by atoms with Gasteiger partial charge in [0.05, 0.1) is 12.1 Å². The lowest BCUT2D eigenvalue weighted by Crippen LogP contribution is -2.42. The molecule has 0 aliphatic carbocycles. The fraction of sp³-hybridized carbons (Fsp3) is 0.636. The zero-order chi connectivity index (χ0) is 14.0. The first-order valence-electron chi connectivity index (χ1n) is 5.45. The molecule has 0 amide bonds.